The highest BCUT2D eigenvalue weighted by molar-refractivity contribution is 7.99. The fourth-order valence-electron chi connectivity index (χ4n) is 4.87. The van der Waals surface area contributed by atoms with Crippen LogP contribution in [0.25, 0.3) is 0 Å². The van der Waals surface area contributed by atoms with Crippen LogP contribution in [-0.2, 0) is 20.9 Å². The zero-order chi connectivity index (χ0) is 30.0. The van der Waals surface area contributed by atoms with Crippen molar-refractivity contribution in [3.05, 3.63) is 22.1 Å². The van der Waals surface area contributed by atoms with Crippen molar-refractivity contribution in [2.24, 2.45) is 5.92 Å². The molecule has 8 atom stereocenters. The molecule has 0 bridgehead atoms. The SMILES string of the molecule is CCCC1CC[C@@H](C(=O)NC)N(C(=O)OCc2oc(=O)oc2C)CC1.CS[C@H]1O[C@H](C[C@H](C)Cl)[C@H](O)[C@H](O)[C@H]1O. The molecule has 2 aliphatic rings. The second kappa shape index (κ2) is 16.6. The highest BCUT2D eigenvalue weighted by atomic mass is 35.5. The lowest BCUT2D eigenvalue weighted by Gasteiger charge is -2.40. The van der Waals surface area contributed by atoms with E-state index >= 15 is 0 Å². The van der Waals surface area contributed by atoms with Gasteiger partial charge in [0.05, 0.1) is 6.10 Å². The van der Waals surface area contributed by atoms with Crippen LogP contribution in [0, 0.1) is 12.8 Å². The van der Waals surface area contributed by atoms with Gasteiger partial charge in [-0.25, -0.2) is 9.59 Å². The maximum Gasteiger partial charge on any atom is 0.519 e. The summed E-state index contributed by atoms with van der Waals surface area (Å²) in [5.41, 5.74) is -0.510. The second-order valence-corrected chi connectivity index (χ2v) is 11.8. The number of aliphatic hydroxyl groups excluding tert-OH is 3. The molecule has 0 aromatic carbocycles. The van der Waals surface area contributed by atoms with E-state index in [0.29, 0.717) is 25.3 Å². The number of hydrogen-bond acceptors (Lipinski definition) is 11. The summed E-state index contributed by atoms with van der Waals surface area (Å²) in [5.74, 6) is -0.0683. The van der Waals surface area contributed by atoms with Gasteiger partial charge in [0.1, 0.15) is 29.8 Å². The quantitative estimate of drug-likeness (QED) is 0.318. The van der Waals surface area contributed by atoms with Gasteiger partial charge in [0.2, 0.25) is 5.91 Å². The first-order valence-corrected chi connectivity index (χ1v) is 15.3. The normalized spacial score (nSPS) is 29.5. The summed E-state index contributed by atoms with van der Waals surface area (Å²) in [5, 5.41) is 31.3. The lowest BCUT2D eigenvalue weighted by Crippen LogP contribution is -2.56. The molecule has 3 heterocycles. The fourth-order valence-corrected chi connectivity index (χ4v) is 5.74. The molecule has 0 spiro atoms. The summed E-state index contributed by atoms with van der Waals surface area (Å²) < 4.78 is 20.3. The van der Waals surface area contributed by atoms with Crippen molar-refractivity contribution in [3.8, 4) is 0 Å². The molecule has 3 rings (SSSR count). The van der Waals surface area contributed by atoms with Crippen LogP contribution >= 0.6 is 23.4 Å². The monoisotopic (exact) mass is 610 g/mol. The van der Waals surface area contributed by atoms with E-state index in [9.17, 15) is 29.7 Å². The van der Waals surface area contributed by atoms with Gasteiger partial charge in [-0.1, -0.05) is 19.8 Å². The van der Waals surface area contributed by atoms with Crippen LogP contribution in [0.2, 0.25) is 0 Å². The number of thioether (sulfide) groups is 1. The summed E-state index contributed by atoms with van der Waals surface area (Å²) in [6.45, 7) is 5.75. The number of nitrogens with one attached hydrogen (secondary N) is 1. The van der Waals surface area contributed by atoms with Crippen molar-refractivity contribution in [1.29, 1.82) is 0 Å². The Balaban J connectivity index is 0.000000319. The van der Waals surface area contributed by atoms with E-state index in [-0.39, 0.29) is 29.4 Å². The lowest BCUT2D eigenvalue weighted by atomic mass is 9.94. The summed E-state index contributed by atoms with van der Waals surface area (Å²) in [4.78, 5) is 37.2. The number of alkyl halides is 1. The Bertz CT molecular complexity index is 987. The molecular formula is C26H43ClN2O10S. The number of halogens is 1. The standard InChI is InChI=1S/C17H26N2O6.C9H17ClO4S/c1-4-5-12-6-7-13(15(20)18-3)19(9-8-12)16(21)23-10-14-11(2)24-17(22)25-14;1-4(10)3-5-6(11)7(12)8(13)9(14-5)15-2/h12-13H,4-10H2,1-3H3,(H,18,20);4-9,11-13H,3H2,1-2H3/t12?,13-;4-,5+,6-,7-,8+,9+/m00/s1. The third kappa shape index (κ3) is 9.66. The number of carbonyl (C=O) groups is 2. The van der Waals surface area contributed by atoms with Crippen LogP contribution in [-0.4, -0.2) is 93.3 Å². The highest BCUT2D eigenvalue weighted by Crippen LogP contribution is 2.30. The fraction of sp³-hybridized carbons (Fsp3) is 0.808. The number of likely N-dealkylation sites (N-methyl/N-ethyl adjacent to an activating group) is 1. The second-order valence-electron chi connectivity index (χ2n) is 10.1. The molecule has 0 aliphatic carbocycles. The molecule has 40 heavy (non-hydrogen) atoms. The number of rotatable bonds is 8. The number of hydrogen-bond donors (Lipinski definition) is 4. The van der Waals surface area contributed by atoms with Crippen molar-refractivity contribution in [3.63, 3.8) is 0 Å². The van der Waals surface area contributed by atoms with Crippen LogP contribution in [0.15, 0.2) is 13.6 Å². The Morgan fingerprint density at radius 3 is 2.42 bits per heavy atom. The van der Waals surface area contributed by atoms with Crippen molar-refractivity contribution in [1.82, 2.24) is 10.2 Å². The summed E-state index contributed by atoms with van der Waals surface area (Å²) in [7, 11) is 1.56. The molecule has 0 radical (unpaired) electrons. The van der Waals surface area contributed by atoms with Gasteiger partial charge in [-0.05, 0) is 51.7 Å². The first kappa shape index (κ1) is 34.4. The number of amides is 2. The van der Waals surface area contributed by atoms with Crippen LogP contribution < -0.4 is 11.1 Å². The minimum atomic E-state index is -1.17. The van der Waals surface area contributed by atoms with Gasteiger partial charge in [-0.3, -0.25) is 9.69 Å². The largest absolute Gasteiger partial charge is 0.519 e. The zero-order valence-corrected chi connectivity index (χ0v) is 25.3. The maximum atomic E-state index is 12.5. The number of likely N-dealkylation sites (tertiary alicyclic amines) is 1. The van der Waals surface area contributed by atoms with E-state index in [2.05, 4.69) is 12.2 Å². The molecular weight excluding hydrogens is 568 g/mol. The average Bonchev–Trinajstić information content (AvgIpc) is 3.10. The topological polar surface area (TPSA) is 172 Å². The first-order valence-electron chi connectivity index (χ1n) is 13.5. The number of aliphatic hydroxyl groups is 3. The Morgan fingerprint density at radius 1 is 1.18 bits per heavy atom. The van der Waals surface area contributed by atoms with E-state index in [1.165, 1.54) is 16.7 Å². The molecule has 14 heteroatoms. The van der Waals surface area contributed by atoms with Gasteiger partial charge in [0.15, 0.2) is 18.1 Å². The van der Waals surface area contributed by atoms with Gasteiger partial charge in [0, 0.05) is 19.0 Å². The molecule has 2 fully saturated rings. The van der Waals surface area contributed by atoms with E-state index in [1.54, 1.807) is 27.2 Å². The van der Waals surface area contributed by atoms with Crippen molar-refractivity contribution in [2.45, 2.75) is 107 Å². The first-order chi connectivity index (χ1) is 18.9. The predicted octanol–water partition coefficient (Wildman–Crippen LogP) is 2.37. The predicted molar refractivity (Wildman–Crippen MR) is 149 cm³/mol. The smallest absolute Gasteiger partial charge is 0.441 e. The lowest BCUT2D eigenvalue weighted by molar-refractivity contribution is -0.198. The van der Waals surface area contributed by atoms with E-state index < -0.39 is 47.8 Å². The summed E-state index contributed by atoms with van der Waals surface area (Å²) in [6.07, 6.45) is 2.34. The number of ether oxygens (including phenoxy) is 2. The molecule has 4 N–H and O–H groups in total. The van der Waals surface area contributed by atoms with Crippen LogP contribution in [0.1, 0.15) is 63.9 Å². The minimum absolute atomic E-state index is 0.144. The van der Waals surface area contributed by atoms with Gasteiger partial charge in [-0.15, -0.1) is 23.4 Å². The van der Waals surface area contributed by atoms with Crippen LogP contribution in [0.3, 0.4) is 0 Å². The van der Waals surface area contributed by atoms with E-state index in [4.69, 9.17) is 29.9 Å². The third-order valence-electron chi connectivity index (χ3n) is 7.10. The number of nitrogens with zero attached hydrogens (tertiary/aromatic N) is 1. The molecule has 1 aromatic heterocycles. The van der Waals surface area contributed by atoms with Crippen LogP contribution in [0.5, 0.6) is 0 Å². The molecule has 12 nitrogen and oxygen atoms in total. The van der Waals surface area contributed by atoms with Crippen molar-refractivity contribution < 1.29 is 43.2 Å². The molecule has 1 aromatic rings. The van der Waals surface area contributed by atoms with Gasteiger partial charge in [0.25, 0.3) is 0 Å². The van der Waals surface area contributed by atoms with Crippen molar-refractivity contribution >= 4 is 35.4 Å². The van der Waals surface area contributed by atoms with Crippen LogP contribution in [0.4, 0.5) is 4.79 Å². The van der Waals surface area contributed by atoms with Crippen molar-refractivity contribution in [2.75, 3.05) is 19.8 Å². The Labute approximate surface area is 243 Å². The Kier molecular flexibility index (Phi) is 14.3. The molecule has 2 amide bonds. The Morgan fingerprint density at radius 2 is 1.88 bits per heavy atom. The number of carbonyl (C=O) groups excluding carboxylic acids is 2. The average molecular weight is 611 g/mol. The van der Waals surface area contributed by atoms with Gasteiger partial charge in [-0.2, -0.15) is 0 Å². The zero-order valence-electron chi connectivity index (χ0n) is 23.7. The summed E-state index contributed by atoms with van der Waals surface area (Å²) in [6, 6.07) is -0.545. The molecule has 0 saturated carbocycles. The Hall–Kier alpha value is -1.77. The van der Waals surface area contributed by atoms with E-state index in [1.807, 2.05) is 0 Å². The molecule has 1 unspecified atom stereocenters. The van der Waals surface area contributed by atoms with Gasteiger partial charge < -0.3 is 38.9 Å². The van der Waals surface area contributed by atoms with E-state index in [0.717, 1.165) is 25.7 Å². The maximum absolute atomic E-state index is 12.5. The molecule has 2 saturated heterocycles. The third-order valence-corrected chi connectivity index (χ3v) is 8.14. The molecule has 2 aliphatic heterocycles. The minimum Gasteiger partial charge on any atom is -0.441 e. The molecule has 230 valence electrons. The van der Waals surface area contributed by atoms with Gasteiger partial charge >= 0.3 is 11.9 Å². The summed E-state index contributed by atoms with van der Waals surface area (Å²) >= 11 is 7.11. The number of aryl methyl sites for hydroxylation is 1. The highest BCUT2D eigenvalue weighted by Gasteiger charge is 2.43.